The normalized spacial score (nSPS) is 9.36. The highest BCUT2D eigenvalue weighted by Crippen LogP contribution is 2.14. The smallest absolute Gasteiger partial charge is 0.184 e. The lowest BCUT2D eigenvalue weighted by Gasteiger charge is -2.12. The number of benzene rings is 1. The topological polar surface area (TPSA) is 36.1 Å². The molecule has 0 atom stereocenters. The molecule has 0 aromatic heterocycles. The molecule has 1 aromatic carbocycles. The van der Waals surface area contributed by atoms with Gasteiger partial charge >= 0.3 is 0 Å². The van der Waals surface area contributed by atoms with Crippen molar-refractivity contribution in [3.05, 3.63) is 29.3 Å². The summed E-state index contributed by atoms with van der Waals surface area (Å²) >= 11 is 4.95. The fraction of sp³-hybridized carbons (Fsp3) is 0.300. The average molecular weight is 209 g/mol. The highest BCUT2D eigenvalue weighted by Gasteiger charge is 1.97. The van der Waals surface area contributed by atoms with Gasteiger partial charge in [0.1, 0.15) is 0 Å². The molecule has 3 N–H and O–H groups in total. The van der Waals surface area contributed by atoms with Gasteiger partial charge in [0, 0.05) is 7.05 Å². The molecule has 0 amide bonds. The Morgan fingerprint density at radius 3 is 2.64 bits per heavy atom. The van der Waals surface area contributed by atoms with E-state index in [-0.39, 0.29) is 0 Å². The third kappa shape index (κ3) is 2.88. The summed E-state index contributed by atoms with van der Waals surface area (Å²) in [4.78, 5) is 0. The predicted octanol–water partition coefficient (Wildman–Crippen LogP) is 1.72. The Bertz CT molecular complexity index is 336. The Hall–Kier alpha value is -1.29. The maximum atomic E-state index is 4.95. The van der Waals surface area contributed by atoms with E-state index in [1.165, 1.54) is 11.1 Å². The maximum absolute atomic E-state index is 4.95. The lowest BCUT2D eigenvalue weighted by molar-refractivity contribution is 1.03. The van der Waals surface area contributed by atoms with Crippen LogP contribution < -0.4 is 16.2 Å². The molecule has 0 radical (unpaired) electrons. The van der Waals surface area contributed by atoms with Gasteiger partial charge in [-0.3, -0.25) is 10.9 Å². The molecule has 4 heteroatoms. The summed E-state index contributed by atoms with van der Waals surface area (Å²) in [6.45, 7) is 4.10. The zero-order chi connectivity index (χ0) is 10.6. The summed E-state index contributed by atoms with van der Waals surface area (Å²) in [7, 11) is 1.78. The first kappa shape index (κ1) is 10.8. The van der Waals surface area contributed by atoms with Crippen molar-refractivity contribution in [3.63, 3.8) is 0 Å². The van der Waals surface area contributed by atoms with E-state index in [9.17, 15) is 0 Å². The minimum atomic E-state index is 0.575. The molecular formula is C10H15N3S. The number of nitrogens with one attached hydrogen (secondary N) is 3. The zero-order valence-electron chi connectivity index (χ0n) is 8.64. The van der Waals surface area contributed by atoms with E-state index in [1.54, 1.807) is 7.05 Å². The Labute approximate surface area is 89.9 Å². The summed E-state index contributed by atoms with van der Waals surface area (Å²) < 4.78 is 0. The van der Waals surface area contributed by atoms with Crippen molar-refractivity contribution < 1.29 is 0 Å². The van der Waals surface area contributed by atoms with Crippen molar-refractivity contribution in [1.29, 1.82) is 0 Å². The number of hydrazine groups is 1. The Balaban J connectivity index is 2.66. The predicted molar refractivity (Wildman–Crippen MR) is 64.3 cm³/mol. The van der Waals surface area contributed by atoms with Crippen molar-refractivity contribution in [1.82, 2.24) is 10.7 Å². The Kier molecular flexibility index (Phi) is 3.71. The summed E-state index contributed by atoms with van der Waals surface area (Å²) in [5, 5.41) is 3.40. The summed E-state index contributed by atoms with van der Waals surface area (Å²) in [6, 6.07) is 6.22. The van der Waals surface area contributed by atoms with Crippen LogP contribution in [0.2, 0.25) is 0 Å². The van der Waals surface area contributed by atoms with Gasteiger partial charge in [0.25, 0.3) is 0 Å². The third-order valence-corrected chi connectivity index (χ3v) is 2.24. The third-order valence-electron chi connectivity index (χ3n) is 1.93. The van der Waals surface area contributed by atoms with Crippen LogP contribution in [0.4, 0.5) is 5.69 Å². The van der Waals surface area contributed by atoms with E-state index in [4.69, 9.17) is 12.2 Å². The molecule has 0 unspecified atom stereocenters. The van der Waals surface area contributed by atoms with Crippen molar-refractivity contribution in [3.8, 4) is 0 Å². The van der Waals surface area contributed by atoms with Gasteiger partial charge in [-0.15, -0.1) is 0 Å². The molecule has 0 heterocycles. The van der Waals surface area contributed by atoms with E-state index in [0.717, 1.165) is 5.69 Å². The molecule has 76 valence electrons. The molecule has 0 spiro atoms. The molecule has 0 aliphatic carbocycles. The van der Waals surface area contributed by atoms with Crippen molar-refractivity contribution in [2.45, 2.75) is 13.8 Å². The number of hydrogen-bond donors (Lipinski definition) is 3. The lowest BCUT2D eigenvalue weighted by atomic mass is 10.1. The van der Waals surface area contributed by atoms with Crippen LogP contribution in [0.1, 0.15) is 11.1 Å². The SMILES string of the molecule is CNC(=S)NNc1cc(C)ccc1C. The van der Waals surface area contributed by atoms with Gasteiger partial charge in [-0.1, -0.05) is 12.1 Å². The molecule has 0 saturated carbocycles. The quantitative estimate of drug-likeness (QED) is 0.512. The first-order valence-electron chi connectivity index (χ1n) is 4.44. The van der Waals surface area contributed by atoms with Crippen LogP contribution in [0.3, 0.4) is 0 Å². The second-order valence-corrected chi connectivity index (χ2v) is 3.56. The van der Waals surface area contributed by atoms with Gasteiger partial charge in [0.15, 0.2) is 5.11 Å². The average Bonchev–Trinajstić information content (AvgIpc) is 2.19. The van der Waals surface area contributed by atoms with E-state index in [1.807, 2.05) is 6.92 Å². The molecule has 1 aromatic rings. The maximum Gasteiger partial charge on any atom is 0.184 e. The van der Waals surface area contributed by atoms with Gasteiger partial charge < -0.3 is 5.32 Å². The molecule has 0 aliphatic rings. The van der Waals surface area contributed by atoms with E-state index in [0.29, 0.717) is 5.11 Å². The van der Waals surface area contributed by atoms with Gasteiger partial charge in [0.2, 0.25) is 0 Å². The van der Waals surface area contributed by atoms with Crippen molar-refractivity contribution in [2.75, 3.05) is 12.5 Å². The molecular weight excluding hydrogens is 194 g/mol. The van der Waals surface area contributed by atoms with Crippen LogP contribution in [0, 0.1) is 13.8 Å². The first-order chi connectivity index (χ1) is 6.63. The van der Waals surface area contributed by atoms with E-state index < -0.39 is 0 Å². The molecule has 0 fully saturated rings. The summed E-state index contributed by atoms with van der Waals surface area (Å²) in [5.74, 6) is 0. The molecule has 0 saturated heterocycles. The molecule has 3 nitrogen and oxygen atoms in total. The highest BCUT2D eigenvalue weighted by molar-refractivity contribution is 7.80. The van der Waals surface area contributed by atoms with Crippen LogP contribution >= 0.6 is 12.2 Å². The minimum Gasteiger partial charge on any atom is -0.364 e. The number of aryl methyl sites for hydroxylation is 2. The fourth-order valence-corrected chi connectivity index (χ4v) is 1.11. The van der Waals surface area contributed by atoms with Gasteiger partial charge in [-0.05, 0) is 43.3 Å². The second-order valence-electron chi connectivity index (χ2n) is 3.15. The van der Waals surface area contributed by atoms with Crippen LogP contribution in [0.5, 0.6) is 0 Å². The van der Waals surface area contributed by atoms with Gasteiger partial charge in [0.05, 0.1) is 5.69 Å². The van der Waals surface area contributed by atoms with Crippen LogP contribution in [0.25, 0.3) is 0 Å². The van der Waals surface area contributed by atoms with Gasteiger partial charge in [-0.25, -0.2) is 0 Å². The number of hydrogen-bond acceptors (Lipinski definition) is 2. The summed E-state index contributed by atoms with van der Waals surface area (Å²) in [5.41, 5.74) is 9.38. The lowest BCUT2D eigenvalue weighted by Crippen LogP contribution is -2.36. The first-order valence-corrected chi connectivity index (χ1v) is 4.85. The summed E-state index contributed by atoms with van der Waals surface area (Å²) in [6.07, 6.45) is 0. The number of thiocarbonyl (C=S) groups is 1. The largest absolute Gasteiger partial charge is 0.364 e. The molecule has 1 rings (SSSR count). The molecule has 0 bridgehead atoms. The minimum absolute atomic E-state index is 0.575. The van der Waals surface area contributed by atoms with Gasteiger partial charge in [-0.2, -0.15) is 0 Å². The van der Waals surface area contributed by atoms with Crippen LogP contribution in [0.15, 0.2) is 18.2 Å². The number of anilines is 1. The highest BCUT2D eigenvalue weighted by atomic mass is 32.1. The number of rotatable bonds is 2. The Morgan fingerprint density at radius 2 is 2.00 bits per heavy atom. The standard InChI is InChI=1S/C10H15N3S/c1-7-4-5-8(2)9(6-7)12-13-10(14)11-3/h4-6,12H,1-3H3,(H2,11,13,14). The van der Waals surface area contributed by atoms with E-state index >= 15 is 0 Å². The van der Waals surface area contributed by atoms with E-state index in [2.05, 4.69) is 41.3 Å². The van der Waals surface area contributed by atoms with Crippen LogP contribution in [-0.4, -0.2) is 12.2 Å². The molecule has 0 aliphatic heterocycles. The van der Waals surface area contributed by atoms with Crippen molar-refractivity contribution in [2.24, 2.45) is 0 Å². The Morgan fingerprint density at radius 1 is 1.29 bits per heavy atom. The van der Waals surface area contributed by atoms with Crippen molar-refractivity contribution >= 4 is 23.0 Å². The molecule has 14 heavy (non-hydrogen) atoms. The zero-order valence-corrected chi connectivity index (χ0v) is 9.46. The fourth-order valence-electron chi connectivity index (χ4n) is 1.06. The van der Waals surface area contributed by atoms with Crippen LogP contribution in [-0.2, 0) is 0 Å². The monoisotopic (exact) mass is 209 g/mol. The second kappa shape index (κ2) is 4.81.